The Kier molecular flexibility index (Phi) is 38.8. The van der Waals surface area contributed by atoms with Gasteiger partial charge in [0.05, 0.1) is 33.8 Å². The van der Waals surface area contributed by atoms with Crippen molar-refractivity contribution in [2.75, 3.05) is 37.8 Å². The number of unbranched alkanes of at least 4 members (excludes halogenated alkanes) is 30. The van der Waals surface area contributed by atoms with E-state index in [4.69, 9.17) is 10.5 Å². The Hall–Kier alpha value is -2.77. The maximum absolute atomic E-state index is 12.7. The zero-order chi connectivity index (χ0) is 63.3. The van der Waals surface area contributed by atoms with Crippen LogP contribution in [0.4, 0.5) is 5.82 Å². The number of hydrogen-bond donors (Lipinski definition) is 5. The Labute approximate surface area is 513 Å². The van der Waals surface area contributed by atoms with Gasteiger partial charge in [-0.2, -0.15) is 0 Å². The van der Waals surface area contributed by atoms with Crippen molar-refractivity contribution in [1.82, 2.24) is 30.2 Å². The molecule has 2 amide bonds. The van der Waals surface area contributed by atoms with Crippen LogP contribution in [0.1, 0.15) is 245 Å². The molecule has 86 heavy (non-hydrogen) atoms. The minimum atomic E-state index is -5.94. The smallest absolute Gasteiger partial charge is 0.274 e. The van der Waals surface area contributed by atoms with Crippen molar-refractivity contribution in [3.05, 3.63) is 12.7 Å². The first-order valence-corrected chi connectivity index (χ1v) is 36.8. The van der Waals surface area contributed by atoms with Crippen LogP contribution in [0.3, 0.4) is 0 Å². The summed E-state index contributed by atoms with van der Waals surface area (Å²) in [5.41, 5.74) is 4.07. The molecule has 0 aromatic carbocycles. The monoisotopic (exact) mass is 1300 g/mol. The summed E-state index contributed by atoms with van der Waals surface area (Å²) in [5.74, 6) is -1.49. The van der Waals surface area contributed by atoms with E-state index in [0.29, 0.717) is 6.42 Å². The molecule has 3 heterocycles. The van der Waals surface area contributed by atoms with Crippen molar-refractivity contribution in [3.63, 3.8) is 0 Å². The maximum Gasteiger partial charge on any atom is 0.274 e. The van der Waals surface area contributed by atoms with Gasteiger partial charge in [-0.15, -0.1) is 0 Å². The van der Waals surface area contributed by atoms with Gasteiger partial charge in [0.25, 0.3) is 15.6 Å². The standard InChI is InChI=1S/C57H104N7O18P3S/c1-4-5-6-7-8-9-10-11-12-13-14-15-16-17-18-19-20-21-22-23-24-25-26-27-28-29-30-31-32-33-34-35-45(65)40-48(67)86-39-38-59-47(66)36-37-60-55(70)52(69)57(2,3)42-79-85(76,77)82-84(74,75)78-41-46-51(81-83(71,72)73)50(68)56(80-46)64-44-63-49-53(58)61-43-62-54(49)64/h43-44,46,50-52,56,68-69H,4-42H2,1-3H3,(H,59,66)(H,60,70)(H,74,75)(H,76,77)(H2,58,61,62)(H2,71,72,73)/p-4/t46-,50-,51-,52+,56-/m1/s1. The molecule has 2 aromatic heterocycles. The Bertz CT molecular complexity index is 2400. The molecule has 0 radical (unpaired) electrons. The van der Waals surface area contributed by atoms with Gasteiger partial charge >= 0.3 is 0 Å². The first-order valence-electron chi connectivity index (χ1n) is 31.4. The number of nitrogens with one attached hydrogen (secondary N) is 2. The van der Waals surface area contributed by atoms with Crippen molar-refractivity contribution in [2.24, 2.45) is 5.41 Å². The van der Waals surface area contributed by atoms with E-state index in [1.807, 2.05) is 0 Å². The number of aliphatic hydroxyl groups is 2. The lowest BCUT2D eigenvalue weighted by molar-refractivity contribution is -0.347. The minimum absolute atomic E-state index is 0.0240. The van der Waals surface area contributed by atoms with Crippen LogP contribution in [-0.2, 0) is 55.5 Å². The second-order valence-electron chi connectivity index (χ2n) is 23.3. The van der Waals surface area contributed by atoms with E-state index in [1.54, 1.807) is 0 Å². The summed E-state index contributed by atoms with van der Waals surface area (Å²) in [7, 11) is -17.7. The number of thioether (sulfide) groups is 1. The van der Waals surface area contributed by atoms with Gasteiger partial charge in [-0.3, -0.25) is 32.9 Å². The molecular weight excluding hydrogens is 1200 g/mol. The lowest BCUT2D eigenvalue weighted by Crippen LogP contribution is -2.46. The fourth-order valence-electron chi connectivity index (χ4n) is 10.1. The first kappa shape index (κ1) is 77.5. The van der Waals surface area contributed by atoms with Crippen LogP contribution in [0.2, 0.25) is 0 Å². The third kappa shape index (κ3) is 33.9. The number of nitrogen functional groups attached to an aromatic ring is 1. The van der Waals surface area contributed by atoms with Gasteiger partial charge in [0, 0.05) is 37.1 Å². The largest absolute Gasteiger partial charge is 0.790 e. The third-order valence-corrected chi connectivity index (χ3v) is 19.0. The zero-order valence-electron chi connectivity index (χ0n) is 51.2. The van der Waals surface area contributed by atoms with E-state index in [-0.39, 0.29) is 59.6 Å². The van der Waals surface area contributed by atoms with Crippen molar-refractivity contribution < 1.29 is 85.3 Å². The molecule has 1 saturated heterocycles. The van der Waals surface area contributed by atoms with Gasteiger partial charge in [0.2, 0.25) is 11.8 Å². The number of imidazole rings is 1. The second-order valence-corrected chi connectivity index (χ2v) is 28.5. The molecule has 2 aromatic rings. The van der Waals surface area contributed by atoms with E-state index >= 15 is 0 Å². The van der Waals surface area contributed by atoms with Crippen molar-refractivity contribution >= 4 is 74.9 Å². The molecule has 0 spiro atoms. The number of ether oxygens (including phenoxy) is 1. The zero-order valence-corrected chi connectivity index (χ0v) is 54.7. The molecule has 2 unspecified atom stereocenters. The summed E-state index contributed by atoms with van der Waals surface area (Å²) in [4.78, 5) is 110. The molecule has 0 saturated carbocycles. The van der Waals surface area contributed by atoms with Crippen LogP contribution in [0.15, 0.2) is 12.7 Å². The van der Waals surface area contributed by atoms with E-state index in [9.17, 15) is 62.7 Å². The van der Waals surface area contributed by atoms with Gasteiger partial charge in [0.1, 0.15) is 42.0 Å². The molecule has 29 heteroatoms. The number of phosphoric ester groups is 3. The lowest BCUT2D eigenvalue weighted by Gasteiger charge is -2.36. The number of rotatable bonds is 53. The average Bonchev–Trinajstić information content (AvgIpc) is 1.67. The number of carbonyl (C=O) groups excluding carboxylic acids is 4. The summed E-state index contributed by atoms with van der Waals surface area (Å²) in [5, 5.41) is 26.2. The highest BCUT2D eigenvalue weighted by Crippen LogP contribution is 2.56. The number of aliphatic hydroxyl groups excluding tert-OH is 2. The van der Waals surface area contributed by atoms with Crippen molar-refractivity contribution in [3.8, 4) is 0 Å². The Morgan fingerprint density at radius 3 is 1.66 bits per heavy atom. The highest BCUT2D eigenvalue weighted by Gasteiger charge is 2.47. The fraction of sp³-hybridized carbons (Fsp3) is 0.842. The van der Waals surface area contributed by atoms with E-state index in [0.717, 1.165) is 54.7 Å². The Morgan fingerprint density at radius 1 is 0.698 bits per heavy atom. The first-order chi connectivity index (χ1) is 40.9. The van der Waals surface area contributed by atoms with Crippen LogP contribution in [0.25, 0.3) is 11.2 Å². The molecule has 1 aliphatic rings. The molecule has 1 fully saturated rings. The molecule has 25 nitrogen and oxygen atoms in total. The summed E-state index contributed by atoms with van der Waals surface area (Å²) >= 11 is 0.937. The van der Waals surface area contributed by atoms with Crippen molar-refractivity contribution in [2.45, 2.75) is 270 Å². The number of fused-ring (bicyclic) bond motifs is 1. The number of nitrogens with two attached hydrogens (primary N) is 1. The number of amides is 2. The Morgan fingerprint density at radius 2 is 1.17 bits per heavy atom. The molecule has 3 rings (SSSR count). The molecule has 6 N–H and O–H groups in total. The molecule has 0 aliphatic carbocycles. The van der Waals surface area contributed by atoms with Crippen molar-refractivity contribution in [1.29, 1.82) is 0 Å². The van der Waals surface area contributed by atoms with Gasteiger partial charge in [-0.05, 0) is 6.42 Å². The quantitative estimate of drug-likeness (QED) is 0.0235. The molecule has 1 aliphatic heterocycles. The second kappa shape index (κ2) is 43.1. The van der Waals surface area contributed by atoms with Crippen LogP contribution in [0.5, 0.6) is 0 Å². The van der Waals surface area contributed by atoms with Crippen LogP contribution < -0.4 is 35.9 Å². The van der Waals surface area contributed by atoms with E-state index < -0.39 is 84.6 Å². The summed E-state index contributed by atoms with van der Waals surface area (Å²) in [6.07, 6.45) is 33.8. The summed E-state index contributed by atoms with van der Waals surface area (Å²) < 4.78 is 61.0. The van der Waals surface area contributed by atoms with E-state index in [1.165, 1.54) is 187 Å². The minimum Gasteiger partial charge on any atom is -0.790 e. The van der Waals surface area contributed by atoms with Gasteiger partial charge in [-0.25, -0.2) is 19.3 Å². The summed E-state index contributed by atoms with van der Waals surface area (Å²) in [6.45, 7) is 2.24. The predicted molar refractivity (Wildman–Crippen MR) is 321 cm³/mol. The number of phosphoric acid groups is 3. The highest BCUT2D eigenvalue weighted by molar-refractivity contribution is 8.13. The Balaban J connectivity index is 1.13. The number of Topliss-reactive ketones (excluding diaryl/α,β-unsaturated/α-hetero) is 1. The summed E-state index contributed by atoms with van der Waals surface area (Å²) in [6, 6.07) is 0. The third-order valence-electron chi connectivity index (χ3n) is 15.1. The number of carbonyl (C=O) groups is 4. The number of ketones is 1. The SMILES string of the molecule is CCCCCCCCCCCCCCCCCCCCCCCCCCCCCCCCCC(=O)CC(=O)SCCNC(=O)CCNC(=O)[C@H](O)C(C)(C)COP(=O)([O-])OP(=O)([O-])OC[C@H]1O[C@@H](n2cnc3c(N)ncnc32)[C@H](O)[C@@H]1OP(=O)([O-])[O-]. The van der Waals surface area contributed by atoms with Gasteiger partial charge in [0.15, 0.2) is 22.8 Å². The van der Waals surface area contributed by atoms with E-state index in [2.05, 4.69) is 50.4 Å². The molecular formula is C57H100N7O18P3S-4. The highest BCUT2D eigenvalue weighted by atomic mass is 32.2. The number of nitrogens with zero attached hydrogens (tertiary/aromatic N) is 4. The lowest BCUT2D eigenvalue weighted by atomic mass is 9.87. The topological polar surface area (TPSA) is 392 Å². The van der Waals surface area contributed by atoms with Crippen LogP contribution in [-0.4, -0.2) is 109 Å². The van der Waals surface area contributed by atoms with Crippen LogP contribution in [0, 0.1) is 5.41 Å². The maximum atomic E-state index is 12.7. The van der Waals surface area contributed by atoms with Gasteiger partial charge in [-0.1, -0.05) is 225 Å². The number of anilines is 1. The van der Waals surface area contributed by atoms with Crippen LogP contribution >= 0.6 is 35.2 Å². The number of hydrogen-bond acceptors (Lipinski definition) is 23. The normalized spacial score (nSPS) is 18.2. The molecule has 7 atom stereocenters. The number of aromatic nitrogens is 4. The average molecular weight is 1300 g/mol. The van der Waals surface area contributed by atoms with Gasteiger partial charge < -0.3 is 69.0 Å². The molecule has 496 valence electrons. The molecule has 0 bridgehead atoms. The predicted octanol–water partition coefficient (Wildman–Crippen LogP) is 8.60. The fourth-order valence-corrected chi connectivity index (χ4v) is 13.5.